The average Bonchev–Trinajstić information content (AvgIpc) is 2.12. The molecule has 0 saturated heterocycles. The van der Waals surface area contributed by atoms with Crippen molar-refractivity contribution in [3.63, 3.8) is 0 Å². The molecule has 15 heavy (non-hydrogen) atoms. The Balaban J connectivity index is 0.000000583. The van der Waals surface area contributed by atoms with Gasteiger partial charge in [-0.25, -0.2) is 0 Å². The Morgan fingerprint density at radius 1 is 1.00 bits per heavy atom. The van der Waals surface area contributed by atoms with Crippen molar-refractivity contribution in [2.24, 2.45) is 5.84 Å². The zero-order valence-corrected chi connectivity index (χ0v) is 7.39. The Hall–Kier alpha value is -1.16. The van der Waals surface area contributed by atoms with E-state index in [1.165, 1.54) is 0 Å². The van der Waals surface area contributed by atoms with Crippen LogP contribution < -0.4 is 11.3 Å². The molecule has 0 fully saturated rings. The lowest BCUT2D eigenvalue weighted by atomic mass is 10.4. The minimum absolute atomic E-state index is 0.141. The van der Waals surface area contributed by atoms with Gasteiger partial charge in [0, 0.05) is 0 Å². The van der Waals surface area contributed by atoms with Crippen LogP contribution in [0.25, 0.3) is 0 Å². The molecule has 1 aliphatic rings. The van der Waals surface area contributed by atoms with Crippen LogP contribution in [0.15, 0.2) is 12.4 Å². The minimum Gasteiger partial charge on any atom is -0.272 e. The van der Waals surface area contributed by atoms with Gasteiger partial charge in [-0.1, -0.05) is 8.96 Å². The van der Waals surface area contributed by atoms with Crippen LogP contribution in [0.1, 0.15) is 0 Å². The van der Waals surface area contributed by atoms with E-state index in [2.05, 4.69) is 11.3 Å². The summed E-state index contributed by atoms with van der Waals surface area (Å²) < 4.78 is 72.3. The second-order valence-corrected chi connectivity index (χ2v) is 2.29. The van der Waals surface area contributed by atoms with Crippen LogP contribution in [-0.2, 0) is 0 Å². The van der Waals surface area contributed by atoms with Crippen molar-refractivity contribution in [1.29, 1.82) is 0 Å². The number of hydrazine groups is 1. The van der Waals surface area contributed by atoms with Crippen molar-refractivity contribution in [2.45, 2.75) is 12.1 Å². The molecule has 0 aromatic heterocycles. The first-order valence-corrected chi connectivity index (χ1v) is 3.43. The number of hydrogen-bond acceptors (Lipinski definition) is 4. The number of alkyl halides is 4. The Kier molecular flexibility index (Phi) is 4.22. The normalized spacial score (nSPS) is 22.1. The fourth-order valence-corrected chi connectivity index (χ4v) is 0.561. The fourth-order valence-electron chi connectivity index (χ4n) is 0.561. The van der Waals surface area contributed by atoms with Crippen LogP contribution in [0, 0.1) is 0 Å². The Bertz CT molecular complexity index is 210. The largest absolute Gasteiger partial charge is 0.436 e. The second kappa shape index (κ2) is 4.57. The number of nitrogens with one attached hydrogen (secondary N) is 1. The average molecular weight is 238 g/mol. The lowest BCUT2D eigenvalue weighted by Crippen LogP contribution is -2.57. The lowest BCUT2D eigenvalue weighted by molar-refractivity contribution is -0.394. The summed E-state index contributed by atoms with van der Waals surface area (Å²) in [6.07, 6.45) is -0.283. The maximum absolute atomic E-state index is 12.1. The maximum Gasteiger partial charge on any atom is 0.436 e. The van der Waals surface area contributed by atoms with Crippen LogP contribution in [0.3, 0.4) is 0 Å². The highest BCUT2D eigenvalue weighted by atomic mass is 19.3. The van der Waals surface area contributed by atoms with E-state index in [0.717, 1.165) is 0 Å². The molecule has 0 amide bonds. The number of hydrogen-bond donors (Lipinski definition) is 2. The van der Waals surface area contributed by atoms with Gasteiger partial charge in [0.2, 0.25) is 0 Å². The van der Waals surface area contributed by atoms with E-state index in [0.29, 0.717) is 0 Å². The molecule has 0 bridgehead atoms. The summed E-state index contributed by atoms with van der Waals surface area (Å²) in [4.78, 5) is 0. The van der Waals surface area contributed by atoms with Crippen molar-refractivity contribution in [1.82, 2.24) is 15.7 Å². The molecule has 0 saturated carbocycles. The molecule has 10 heteroatoms. The highest BCUT2D eigenvalue weighted by Gasteiger charge is 2.67. The highest BCUT2D eigenvalue weighted by molar-refractivity contribution is 4.95. The predicted octanol–water partition coefficient (Wildman–Crippen LogP) is 1.11. The van der Waals surface area contributed by atoms with Crippen LogP contribution in [0.4, 0.5) is 26.5 Å². The molecule has 1 aliphatic heterocycles. The molecule has 0 unspecified atom stereocenters. The van der Waals surface area contributed by atoms with Gasteiger partial charge in [-0.05, 0) is 7.05 Å². The first-order chi connectivity index (χ1) is 6.71. The van der Waals surface area contributed by atoms with E-state index >= 15 is 0 Å². The topological polar surface area (TPSA) is 44.5 Å². The molecule has 1 heterocycles. The van der Waals surface area contributed by atoms with Crippen LogP contribution >= 0.6 is 0 Å². The molecule has 1 rings (SSSR count). The smallest absolute Gasteiger partial charge is 0.272 e. The first-order valence-electron chi connectivity index (χ1n) is 3.43. The van der Waals surface area contributed by atoms with Gasteiger partial charge in [0.05, 0.1) is 12.4 Å². The van der Waals surface area contributed by atoms with Crippen molar-refractivity contribution in [3.8, 4) is 0 Å². The van der Waals surface area contributed by atoms with Gasteiger partial charge in [0.15, 0.2) is 0 Å². The molecular weight excluding hydrogens is 230 g/mol. The third-order valence-corrected chi connectivity index (χ3v) is 1.23. The van der Waals surface area contributed by atoms with Crippen molar-refractivity contribution >= 4 is 0 Å². The van der Waals surface area contributed by atoms with Gasteiger partial charge in [-0.15, -0.1) is 10.2 Å². The summed E-state index contributed by atoms with van der Waals surface area (Å²) >= 11 is 0. The predicted molar refractivity (Wildman–Crippen MR) is 38.2 cm³/mol. The summed E-state index contributed by atoms with van der Waals surface area (Å²) in [5.74, 6) is 4.60. The SMILES string of the molecule is CNN.FN1C=CN(F)C(F)(F)C1(F)F. The summed E-state index contributed by atoms with van der Waals surface area (Å²) in [6.45, 7) is 0. The summed E-state index contributed by atoms with van der Waals surface area (Å²) in [5, 5.41) is -3.10. The molecule has 0 atom stereocenters. The van der Waals surface area contributed by atoms with Crippen molar-refractivity contribution < 1.29 is 26.5 Å². The van der Waals surface area contributed by atoms with E-state index < -0.39 is 22.3 Å². The third kappa shape index (κ3) is 2.45. The molecule has 0 aliphatic carbocycles. The molecule has 0 spiro atoms. The van der Waals surface area contributed by atoms with Gasteiger partial charge in [-0.2, -0.15) is 17.6 Å². The molecule has 0 radical (unpaired) electrons. The van der Waals surface area contributed by atoms with Crippen molar-refractivity contribution in [3.05, 3.63) is 12.4 Å². The molecular formula is C5H8F6N4. The Morgan fingerprint density at radius 2 is 1.20 bits per heavy atom. The van der Waals surface area contributed by atoms with E-state index in [1.807, 2.05) is 0 Å². The Labute approximate surface area is 80.8 Å². The number of halogens is 6. The van der Waals surface area contributed by atoms with Gasteiger partial charge < -0.3 is 0 Å². The van der Waals surface area contributed by atoms with E-state index in [1.54, 1.807) is 7.05 Å². The fraction of sp³-hybridized carbons (Fsp3) is 0.600. The van der Waals surface area contributed by atoms with E-state index in [9.17, 15) is 26.5 Å². The van der Waals surface area contributed by atoms with Gasteiger partial charge in [-0.3, -0.25) is 11.3 Å². The monoisotopic (exact) mass is 238 g/mol. The second-order valence-electron chi connectivity index (χ2n) is 2.29. The highest BCUT2D eigenvalue weighted by Crippen LogP contribution is 2.43. The quantitative estimate of drug-likeness (QED) is 0.218. The summed E-state index contributed by atoms with van der Waals surface area (Å²) in [6, 6.07) is -10.4. The number of nitrogens with two attached hydrogens (primary N) is 1. The number of rotatable bonds is 0. The van der Waals surface area contributed by atoms with Crippen LogP contribution in [0.2, 0.25) is 0 Å². The molecule has 90 valence electrons. The molecule has 0 aromatic rings. The molecule has 0 aromatic carbocycles. The molecule has 4 nitrogen and oxygen atoms in total. The van der Waals surface area contributed by atoms with Gasteiger partial charge >= 0.3 is 12.1 Å². The summed E-state index contributed by atoms with van der Waals surface area (Å²) in [5.41, 5.74) is 2.25. The minimum atomic E-state index is -5.20. The van der Waals surface area contributed by atoms with E-state index in [4.69, 9.17) is 0 Å². The zero-order chi connectivity index (χ0) is 12.3. The summed E-state index contributed by atoms with van der Waals surface area (Å²) in [7, 11) is 1.65. The first kappa shape index (κ1) is 13.8. The zero-order valence-electron chi connectivity index (χ0n) is 7.39. The Morgan fingerprint density at radius 3 is 1.40 bits per heavy atom. The van der Waals surface area contributed by atoms with Gasteiger partial charge in [0.25, 0.3) is 0 Å². The maximum atomic E-state index is 12.1. The molecule has 3 N–H and O–H groups in total. The van der Waals surface area contributed by atoms with Crippen LogP contribution in [0.5, 0.6) is 0 Å². The van der Waals surface area contributed by atoms with Gasteiger partial charge in [0.1, 0.15) is 0 Å². The van der Waals surface area contributed by atoms with E-state index in [-0.39, 0.29) is 12.4 Å². The standard InChI is InChI=1S/C4H2F6N2.CH6N2/c5-3(6)4(7,8)12(10)2-1-11(3)9;1-3-2/h1-2H;3H,2H2,1H3. The number of nitrogens with zero attached hydrogens (tertiary/aromatic N) is 2. The lowest BCUT2D eigenvalue weighted by Gasteiger charge is -2.34. The third-order valence-electron chi connectivity index (χ3n) is 1.23. The van der Waals surface area contributed by atoms with Crippen LogP contribution in [-0.4, -0.2) is 29.4 Å². The van der Waals surface area contributed by atoms with Crippen molar-refractivity contribution in [2.75, 3.05) is 7.05 Å².